The van der Waals surface area contributed by atoms with Crippen LogP contribution in [0.2, 0.25) is 0 Å². The van der Waals surface area contributed by atoms with Crippen molar-refractivity contribution in [1.29, 1.82) is 5.26 Å². The molecule has 0 radical (unpaired) electrons. The van der Waals surface area contributed by atoms with Crippen LogP contribution in [-0.2, 0) is 4.79 Å². The molecule has 0 spiro atoms. The number of para-hydroxylation sites is 1. The minimum absolute atomic E-state index is 0.156. The SMILES string of the molecule is N#CCSc1nc2ccccc2c(=O)n1NC(=O)CC1CCCC1. The molecule has 1 aliphatic rings. The number of carbonyl (C=O) groups excluding carboxylic acids is 1. The second-order valence-electron chi connectivity index (χ2n) is 5.89. The number of aromatic nitrogens is 2. The highest BCUT2D eigenvalue weighted by Crippen LogP contribution is 2.27. The van der Waals surface area contributed by atoms with Crippen LogP contribution in [0.25, 0.3) is 10.9 Å². The van der Waals surface area contributed by atoms with Gasteiger partial charge in [0.15, 0.2) is 5.16 Å². The molecular weight excluding hydrogens is 324 g/mol. The van der Waals surface area contributed by atoms with Crippen LogP contribution in [0.15, 0.2) is 34.2 Å². The van der Waals surface area contributed by atoms with E-state index in [1.54, 1.807) is 24.3 Å². The van der Waals surface area contributed by atoms with E-state index in [1.165, 1.54) is 17.5 Å². The van der Waals surface area contributed by atoms with Crippen LogP contribution < -0.4 is 11.0 Å². The third kappa shape index (κ3) is 3.60. The lowest BCUT2D eigenvalue weighted by Crippen LogP contribution is -2.35. The first-order valence-electron chi connectivity index (χ1n) is 8.00. The van der Waals surface area contributed by atoms with Gasteiger partial charge in [0.1, 0.15) is 0 Å². The monoisotopic (exact) mass is 342 g/mol. The number of hydrogen-bond donors (Lipinski definition) is 1. The minimum Gasteiger partial charge on any atom is -0.273 e. The Hall–Kier alpha value is -2.33. The van der Waals surface area contributed by atoms with E-state index >= 15 is 0 Å². The van der Waals surface area contributed by atoms with Crippen LogP contribution in [0.3, 0.4) is 0 Å². The third-order valence-electron chi connectivity index (χ3n) is 4.20. The number of fused-ring (bicyclic) bond motifs is 1. The largest absolute Gasteiger partial charge is 0.281 e. The Bertz CT molecular complexity index is 850. The first kappa shape index (κ1) is 16.5. The Labute approximate surface area is 143 Å². The zero-order valence-electron chi connectivity index (χ0n) is 13.2. The summed E-state index contributed by atoms with van der Waals surface area (Å²) >= 11 is 1.14. The fourth-order valence-corrected chi connectivity index (χ4v) is 3.67. The van der Waals surface area contributed by atoms with Gasteiger partial charge in [-0.2, -0.15) is 9.94 Å². The molecule has 0 atom stereocenters. The van der Waals surface area contributed by atoms with Crippen LogP contribution in [0.4, 0.5) is 0 Å². The van der Waals surface area contributed by atoms with E-state index in [4.69, 9.17) is 5.26 Å². The molecule has 0 aliphatic heterocycles. The quantitative estimate of drug-likeness (QED) is 0.667. The summed E-state index contributed by atoms with van der Waals surface area (Å²) in [5.74, 6) is 0.368. The molecule has 0 unspecified atom stereocenters. The molecule has 2 aromatic rings. The molecular formula is C17H18N4O2S. The fraction of sp³-hybridized carbons (Fsp3) is 0.412. The average Bonchev–Trinajstić information content (AvgIpc) is 3.09. The second kappa shape index (κ2) is 7.49. The molecule has 1 aromatic carbocycles. The number of carbonyl (C=O) groups is 1. The average molecular weight is 342 g/mol. The molecule has 1 heterocycles. The van der Waals surface area contributed by atoms with Crippen molar-refractivity contribution in [2.24, 2.45) is 5.92 Å². The lowest BCUT2D eigenvalue weighted by molar-refractivity contribution is -0.118. The Morgan fingerprint density at radius 2 is 2.12 bits per heavy atom. The maximum atomic E-state index is 12.7. The van der Waals surface area contributed by atoms with Gasteiger partial charge in [0.2, 0.25) is 5.91 Å². The van der Waals surface area contributed by atoms with Gasteiger partial charge in [-0.15, -0.1) is 0 Å². The van der Waals surface area contributed by atoms with Crippen molar-refractivity contribution in [1.82, 2.24) is 9.66 Å². The van der Waals surface area contributed by atoms with Crippen molar-refractivity contribution in [2.75, 3.05) is 11.2 Å². The standard InChI is InChI=1S/C17H18N4O2S/c18-9-10-24-17-19-14-8-4-3-7-13(14)16(23)21(17)20-15(22)11-12-5-1-2-6-12/h3-4,7-8,12H,1-2,5-6,10-11H2,(H,20,22). The van der Waals surface area contributed by atoms with E-state index in [-0.39, 0.29) is 17.2 Å². The molecule has 1 aromatic heterocycles. The molecule has 1 amide bonds. The number of nitrogens with zero attached hydrogens (tertiary/aromatic N) is 3. The minimum atomic E-state index is -0.319. The first-order valence-corrected chi connectivity index (χ1v) is 8.99. The van der Waals surface area contributed by atoms with Gasteiger partial charge < -0.3 is 0 Å². The number of amides is 1. The summed E-state index contributed by atoms with van der Waals surface area (Å²) in [7, 11) is 0. The normalized spacial score (nSPS) is 14.6. The van der Waals surface area contributed by atoms with E-state index in [0.29, 0.717) is 28.4 Å². The van der Waals surface area contributed by atoms with Gasteiger partial charge >= 0.3 is 0 Å². The van der Waals surface area contributed by atoms with Crippen molar-refractivity contribution < 1.29 is 4.79 Å². The van der Waals surface area contributed by atoms with E-state index in [9.17, 15) is 9.59 Å². The van der Waals surface area contributed by atoms with E-state index in [0.717, 1.165) is 24.6 Å². The molecule has 0 bridgehead atoms. The number of nitriles is 1. The molecule has 0 saturated heterocycles. The van der Waals surface area contributed by atoms with Gasteiger partial charge in [-0.05, 0) is 30.9 Å². The van der Waals surface area contributed by atoms with E-state index in [1.807, 2.05) is 6.07 Å². The predicted molar refractivity (Wildman–Crippen MR) is 93.3 cm³/mol. The Morgan fingerprint density at radius 3 is 2.88 bits per heavy atom. The summed E-state index contributed by atoms with van der Waals surface area (Å²) in [6.45, 7) is 0. The number of thioether (sulfide) groups is 1. The van der Waals surface area contributed by atoms with E-state index < -0.39 is 0 Å². The van der Waals surface area contributed by atoms with Crippen molar-refractivity contribution >= 4 is 28.6 Å². The van der Waals surface area contributed by atoms with Crippen LogP contribution in [0.1, 0.15) is 32.1 Å². The molecule has 1 aliphatic carbocycles. The molecule has 24 heavy (non-hydrogen) atoms. The Balaban J connectivity index is 1.91. The van der Waals surface area contributed by atoms with Crippen LogP contribution >= 0.6 is 11.8 Å². The topological polar surface area (TPSA) is 87.8 Å². The van der Waals surface area contributed by atoms with Crippen molar-refractivity contribution in [3.8, 4) is 6.07 Å². The number of benzene rings is 1. The smallest absolute Gasteiger partial charge is 0.273 e. The molecule has 124 valence electrons. The van der Waals surface area contributed by atoms with Gasteiger partial charge in [-0.1, -0.05) is 36.7 Å². The number of rotatable bonds is 5. The van der Waals surface area contributed by atoms with Gasteiger partial charge in [0, 0.05) is 6.42 Å². The second-order valence-corrected chi connectivity index (χ2v) is 6.83. The van der Waals surface area contributed by atoms with Gasteiger partial charge in [0.05, 0.1) is 22.7 Å². The molecule has 1 N–H and O–H groups in total. The maximum absolute atomic E-state index is 12.7. The molecule has 3 rings (SSSR count). The van der Waals surface area contributed by atoms with Gasteiger partial charge in [0.25, 0.3) is 5.56 Å². The molecule has 7 heteroatoms. The lowest BCUT2D eigenvalue weighted by Gasteiger charge is -2.14. The molecule has 1 fully saturated rings. The number of nitrogens with one attached hydrogen (secondary N) is 1. The summed E-state index contributed by atoms with van der Waals surface area (Å²) in [6.07, 6.45) is 4.88. The van der Waals surface area contributed by atoms with Gasteiger partial charge in [-0.25, -0.2) is 4.98 Å². The van der Waals surface area contributed by atoms with Crippen molar-refractivity contribution in [3.05, 3.63) is 34.6 Å². The molecule has 6 nitrogen and oxygen atoms in total. The van der Waals surface area contributed by atoms with Crippen LogP contribution in [-0.4, -0.2) is 21.3 Å². The van der Waals surface area contributed by atoms with Gasteiger partial charge in [-0.3, -0.25) is 15.0 Å². The highest BCUT2D eigenvalue weighted by Gasteiger charge is 2.20. The Morgan fingerprint density at radius 1 is 1.38 bits per heavy atom. The van der Waals surface area contributed by atoms with Crippen LogP contribution in [0.5, 0.6) is 0 Å². The highest BCUT2D eigenvalue weighted by molar-refractivity contribution is 7.99. The summed E-state index contributed by atoms with van der Waals surface area (Å²) < 4.78 is 1.18. The summed E-state index contributed by atoms with van der Waals surface area (Å²) in [5.41, 5.74) is 2.92. The summed E-state index contributed by atoms with van der Waals surface area (Å²) in [6, 6.07) is 9.01. The summed E-state index contributed by atoms with van der Waals surface area (Å²) in [5, 5.41) is 9.58. The fourth-order valence-electron chi connectivity index (χ4n) is 3.05. The van der Waals surface area contributed by atoms with E-state index in [2.05, 4.69) is 10.4 Å². The first-order chi connectivity index (χ1) is 11.7. The van der Waals surface area contributed by atoms with Crippen molar-refractivity contribution in [2.45, 2.75) is 37.3 Å². The predicted octanol–water partition coefficient (Wildman–Crippen LogP) is 2.66. The number of hydrogen-bond acceptors (Lipinski definition) is 5. The molecule has 1 saturated carbocycles. The van der Waals surface area contributed by atoms with Crippen molar-refractivity contribution in [3.63, 3.8) is 0 Å². The van der Waals surface area contributed by atoms with Crippen LogP contribution in [0, 0.1) is 17.2 Å². The summed E-state index contributed by atoms with van der Waals surface area (Å²) in [4.78, 5) is 29.4. The highest BCUT2D eigenvalue weighted by atomic mass is 32.2. The lowest BCUT2D eigenvalue weighted by atomic mass is 10.0. The maximum Gasteiger partial charge on any atom is 0.281 e. The zero-order chi connectivity index (χ0) is 16.9. The third-order valence-corrected chi connectivity index (χ3v) is 5.00. The Kier molecular flexibility index (Phi) is 5.16. The zero-order valence-corrected chi connectivity index (χ0v) is 14.0.